The Bertz CT molecular complexity index is 1410. The van der Waals surface area contributed by atoms with Gasteiger partial charge in [-0.3, -0.25) is 9.69 Å². The van der Waals surface area contributed by atoms with Gasteiger partial charge in [-0.05, 0) is 68.9 Å². The molecule has 12 heteroatoms. The molecule has 0 aromatic heterocycles. The zero-order chi connectivity index (χ0) is 32.2. The van der Waals surface area contributed by atoms with Gasteiger partial charge in [0.15, 0.2) is 5.60 Å². The summed E-state index contributed by atoms with van der Waals surface area (Å²) in [5.41, 5.74) is 1.54. The fraction of sp³-hybridized carbons (Fsp3) is 0.469. The Kier molecular flexibility index (Phi) is 11.0. The number of halogens is 4. The molecular weight excluding hydrogens is 650 g/mol. The highest BCUT2D eigenvalue weighted by molar-refractivity contribution is 6.68. The maximum absolute atomic E-state index is 13.6. The molecule has 0 aliphatic carbocycles. The van der Waals surface area contributed by atoms with Gasteiger partial charge >= 0.3 is 12.1 Å². The van der Waals surface area contributed by atoms with Crippen molar-refractivity contribution in [2.75, 3.05) is 26.3 Å². The Balaban J connectivity index is 1.60. The molecule has 8 nitrogen and oxygen atoms in total. The van der Waals surface area contributed by atoms with E-state index in [1.807, 2.05) is 42.5 Å². The van der Waals surface area contributed by atoms with Crippen LogP contribution < -0.4 is 4.74 Å². The normalized spacial score (nSPS) is 18.6. The number of carbonyl (C=O) groups excluding carboxylic acids is 3. The van der Waals surface area contributed by atoms with Crippen molar-refractivity contribution < 1.29 is 28.6 Å². The van der Waals surface area contributed by atoms with Crippen LogP contribution in [0.15, 0.2) is 54.1 Å². The van der Waals surface area contributed by atoms with Crippen molar-refractivity contribution in [3.8, 4) is 5.75 Å². The number of amides is 2. The number of benzene rings is 2. The largest absolute Gasteiger partial charge is 0.492 e. The maximum atomic E-state index is 13.6. The predicted molar refractivity (Wildman–Crippen MR) is 172 cm³/mol. The number of carbonyl (C=O) groups is 3. The van der Waals surface area contributed by atoms with Crippen molar-refractivity contribution in [2.45, 2.75) is 68.4 Å². The number of aryl methyl sites for hydroxylation is 1. The Labute approximate surface area is 278 Å². The molecule has 2 amide bonds. The van der Waals surface area contributed by atoms with Crippen LogP contribution >= 0.6 is 46.4 Å². The van der Waals surface area contributed by atoms with Crippen molar-refractivity contribution in [1.82, 2.24) is 9.80 Å². The third-order valence-electron chi connectivity index (χ3n) is 7.83. The lowest BCUT2D eigenvalue weighted by molar-refractivity contribution is -0.142. The minimum Gasteiger partial charge on any atom is -0.492 e. The van der Waals surface area contributed by atoms with E-state index in [2.05, 4.69) is 0 Å². The molecule has 0 N–H and O–H groups in total. The second-order valence-corrected chi connectivity index (χ2v) is 14.0. The summed E-state index contributed by atoms with van der Waals surface area (Å²) in [6.45, 7) is 7.18. The molecule has 2 unspecified atom stereocenters. The molecule has 2 bridgehead atoms. The topological polar surface area (TPSA) is 85.4 Å². The SMILES string of the molecule is CCOC(=O)C1=C(c2ccc(CCCOc3ccccc3Cl)cc2)CC2CN(C(C)=O)CC1N2C(=O)OC(C)(C)C(Cl)(Cl)Cl. The van der Waals surface area contributed by atoms with E-state index in [4.69, 9.17) is 60.6 Å². The van der Waals surface area contributed by atoms with Crippen LogP contribution in [0.1, 0.15) is 51.7 Å². The van der Waals surface area contributed by atoms with Crippen LogP contribution in [0.4, 0.5) is 4.79 Å². The van der Waals surface area contributed by atoms with Gasteiger partial charge < -0.3 is 19.1 Å². The lowest BCUT2D eigenvalue weighted by atomic mass is 9.81. The van der Waals surface area contributed by atoms with Gasteiger partial charge in [0.1, 0.15) is 5.75 Å². The second kappa shape index (κ2) is 14.2. The molecule has 2 heterocycles. The molecule has 0 saturated carbocycles. The zero-order valence-electron chi connectivity index (χ0n) is 25.1. The van der Waals surface area contributed by atoms with E-state index in [1.165, 1.54) is 25.7 Å². The maximum Gasteiger partial charge on any atom is 0.411 e. The quantitative estimate of drug-likeness (QED) is 0.157. The average Bonchev–Trinajstić information content (AvgIpc) is 2.94. The number of esters is 1. The van der Waals surface area contributed by atoms with Crippen LogP contribution in [-0.2, 0) is 25.5 Å². The highest BCUT2D eigenvalue weighted by Crippen LogP contribution is 2.43. The van der Waals surface area contributed by atoms with Crippen molar-refractivity contribution in [2.24, 2.45) is 0 Å². The molecule has 1 saturated heterocycles. The molecule has 44 heavy (non-hydrogen) atoms. The number of fused-ring (bicyclic) bond motifs is 2. The fourth-order valence-corrected chi connectivity index (χ4v) is 5.71. The summed E-state index contributed by atoms with van der Waals surface area (Å²) in [6, 6.07) is 14.0. The highest BCUT2D eigenvalue weighted by Gasteiger charge is 2.51. The molecule has 2 atom stereocenters. The standard InChI is InChI=1S/C32H36Cl4N2O6/c1-5-42-29(40)28-24(22-14-12-21(13-15-22)9-8-16-43-27-11-7-6-10-25(27)33)17-23-18-37(20(2)39)19-26(28)38(23)30(41)44-31(3,4)32(34,35)36/h6-7,10-15,23,26H,5,8-9,16-19H2,1-4H3. The third-order valence-corrected chi connectivity index (χ3v) is 9.51. The van der Waals surface area contributed by atoms with Crippen LogP contribution in [0.25, 0.3) is 5.57 Å². The minimum atomic E-state index is -1.90. The van der Waals surface area contributed by atoms with Crippen molar-refractivity contribution in [3.05, 3.63) is 70.3 Å². The van der Waals surface area contributed by atoms with Gasteiger partial charge in [-0.1, -0.05) is 82.8 Å². The first kappa shape index (κ1) is 34.2. The van der Waals surface area contributed by atoms with E-state index in [0.29, 0.717) is 29.4 Å². The summed E-state index contributed by atoms with van der Waals surface area (Å²) in [5, 5.41) is 0.576. The van der Waals surface area contributed by atoms with Crippen LogP contribution in [0.5, 0.6) is 5.75 Å². The highest BCUT2D eigenvalue weighted by atomic mass is 35.6. The molecule has 0 spiro atoms. The Morgan fingerprint density at radius 2 is 1.68 bits per heavy atom. The van der Waals surface area contributed by atoms with E-state index in [9.17, 15) is 14.4 Å². The Morgan fingerprint density at radius 1 is 1.00 bits per heavy atom. The van der Waals surface area contributed by atoms with Gasteiger partial charge in [-0.15, -0.1) is 0 Å². The average molecular weight is 686 g/mol. The fourth-order valence-electron chi connectivity index (χ4n) is 5.40. The summed E-state index contributed by atoms with van der Waals surface area (Å²) in [5.74, 6) is -0.0670. The first-order chi connectivity index (χ1) is 20.7. The van der Waals surface area contributed by atoms with Gasteiger partial charge in [-0.25, -0.2) is 9.59 Å². The smallest absolute Gasteiger partial charge is 0.411 e. The first-order valence-electron chi connectivity index (χ1n) is 14.4. The van der Waals surface area contributed by atoms with Crippen molar-refractivity contribution in [3.63, 3.8) is 0 Å². The second-order valence-electron chi connectivity index (χ2n) is 11.3. The molecule has 4 rings (SSSR count). The van der Waals surface area contributed by atoms with Gasteiger partial charge in [0.25, 0.3) is 0 Å². The molecule has 2 aromatic rings. The summed E-state index contributed by atoms with van der Waals surface area (Å²) < 4.78 is 15.1. The van der Waals surface area contributed by atoms with Crippen molar-refractivity contribution in [1.29, 1.82) is 0 Å². The van der Waals surface area contributed by atoms with E-state index >= 15 is 0 Å². The van der Waals surface area contributed by atoms with E-state index < -0.39 is 33.5 Å². The summed E-state index contributed by atoms with van der Waals surface area (Å²) in [4.78, 5) is 42.7. The minimum absolute atomic E-state index is 0.0935. The van der Waals surface area contributed by atoms with Gasteiger partial charge in [0.05, 0.1) is 35.9 Å². The number of nitrogens with zero attached hydrogens (tertiary/aromatic N) is 2. The van der Waals surface area contributed by atoms with E-state index in [0.717, 1.165) is 29.5 Å². The van der Waals surface area contributed by atoms with Crippen LogP contribution in [0, 0.1) is 0 Å². The summed E-state index contributed by atoms with van der Waals surface area (Å²) in [6.07, 6.45) is 1.12. The Hall–Kier alpha value is -2.65. The van der Waals surface area contributed by atoms with Crippen LogP contribution in [-0.4, -0.2) is 75.6 Å². The molecule has 0 radical (unpaired) electrons. The molecule has 2 aromatic carbocycles. The number of ether oxygens (including phenoxy) is 3. The number of hydrogen-bond donors (Lipinski definition) is 0. The van der Waals surface area contributed by atoms with E-state index in [-0.39, 0.29) is 25.6 Å². The summed E-state index contributed by atoms with van der Waals surface area (Å²) in [7, 11) is 0. The first-order valence-corrected chi connectivity index (χ1v) is 15.9. The van der Waals surface area contributed by atoms with Gasteiger partial charge in [0.2, 0.25) is 9.70 Å². The Morgan fingerprint density at radius 3 is 2.30 bits per heavy atom. The van der Waals surface area contributed by atoms with Gasteiger partial charge in [-0.2, -0.15) is 0 Å². The number of para-hydroxylation sites is 1. The number of piperazine rings is 1. The number of alkyl halides is 3. The van der Waals surface area contributed by atoms with Gasteiger partial charge in [0, 0.05) is 20.0 Å². The zero-order valence-corrected chi connectivity index (χ0v) is 28.1. The number of hydrogen-bond acceptors (Lipinski definition) is 6. The van der Waals surface area contributed by atoms with E-state index in [1.54, 1.807) is 17.9 Å². The molecule has 2 aliphatic rings. The van der Waals surface area contributed by atoms with Crippen LogP contribution in [0.3, 0.4) is 0 Å². The summed E-state index contributed by atoms with van der Waals surface area (Å²) >= 11 is 24.4. The lowest BCUT2D eigenvalue weighted by Crippen LogP contribution is -2.65. The van der Waals surface area contributed by atoms with Crippen molar-refractivity contribution >= 4 is 69.9 Å². The molecular formula is C32H36Cl4N2O6. The molecule has 2 aliphatic heterocycles. The number of rotatable bonds is 9. The van der Waals surface area contributed by atoms with Crippen LogP contribution in [0.2, 0.25) is 5.02 Å². The predicted octanol–water partition coefficient (Wildman–Crippen LogP) is 7.26. The third kappa shape index (κ3) is 7.76. The monoisotopic (exact) mass is 684 g/mol. The lowest BCUT2D eigenvalue weighted by Gasteiger charge is -2.50. The molecule has 238 valence electrons. The molecule has 1 fully saturated rings.